The van der Waals surface area contributed by atoms with Crippen molar-refractivity contribution in [3.8, 4) is 11.1 Å². The van der Waals surface area contributed by atoms with Crippen molar-refractivity contribution in [3.05, 3.63) is 36.4 Å². The predicted molar refractivity (Wildman–Crippen MR) is 166 cm³/mol. The number of rotatable bonds is 8. The third kappa shape index (κ3) is 6.23. The van der Waals surface area contributed by atoms with E-state index in [1.165, 1.54) is 11.3 Å². The molecule has 4 aliphatic rings. The lowest BCUT2D eigenvalue weighted by molar-refractivity contribution is -0.145. The molecule has 12 heteroatoms. The topological polar surface area (TPSA) is 130 Å². The molecule has 0 bridgehead atoms. The fourth-order valence-electron chi connectivity index (χ4n) is 6.99. The highest BCUT2D eigenvalue weighted by molar-refractivity contribution is 7.22. The number of benzene rings is 1. The third-order valence-electron chi connectivity index (χ3n) is 9.65. The monoisotopic (exact) mass is 620 g/mol. The van der Waals surface area contributed by atoms with Gasteiger partial charge >= 0.3 is 0 Å². The van der Waals surface area contributed by atoms with Gasteiger partial charge in [0.05, 0.1) is 22.4 Å². The number of aromatic nitrogens is 3. The maximum atomic E-state index is 13.1. The SMILES string of the molecule is C[C@H]1CN(C(=O)C2CCCO2)CCN1C1CC(C(=O)Nc2nc3ccc(-c4cnc(CO[C@H]5CCC[C@@H]5O)nc4)cc3s2)C1. The second-order valence-corrected chi connectivity index (χ2v) is 13.7. The van der Waals surface area contributed by atoms with Crippen LogP contribution >= 0.6 is 11.3 Å². The minimum atomic E-state index is -0.396. The van der Waals surface area contributed by atoms with E-state index in [0.717, 1.165) is 85.9 Å². The molecule has 2 aromatic heterocycles. The largest absolute Gasteiger partial charge is 0.390 e. The third-order valence-corrected chi connectivity index (χ3v) is 10.6. The summed E-state index contributed by atoms with van der Waals surface area (Å²) in [5, 5.41) is 13.6. The summed E-state index contributed by atoms with van der Waals surface area (Å²) < 4.78 is 12.4. The van der Waals surface area contributed by atoms with Crippen molar-refractivity contribution >= 4 is 38.5 Å². The van der Waals surface area contributed by atoms with Gasteiger partial charge in [0.25, 0.3) is 5.91 Å². The summed E-state index contributed by atoms with van der Waals surface area (Å²) >= 11 is 1.47. The van der Waals surface area contributed by atoms with Crippen molar-refractivity contribution < 1.29 is 24.2 Å². The minimum Gasteiger partial charge on any atom is -0.390 e. The Morgan fingerprint density at radius 3 is 2.68 bits per heavy atom. The van der Waals surface area contributed by atoms with Crippen molar-refractivity contribution in [1.82, 2.24) is 24.8 Å². The highest BCUT2D eigenvalue weighted by atomic mass is 32.1. The van der Waals surface area contributed by atoms with E-state index in [1.807, 2.05) is 17.0 Å². The van der Waals surface area contributed by atoms with E-state index in [1.54, 1.807) is 12.4 Å². The summed E-state index contributed by atoms with van der Waals surface area (Å²) in [6.45, 7) is 5.43. The van der Waals surface area contributed by atoms with Crippen LogP contribution in [0.4, 0.5) is 5.13 Å². The van der Waals surface area contributed by atoms with Gasteiger partial charge in [-0.05, 0) is 69.6 Å². The Morgan fingerprint density at radius 2 is 1.95 bits per heavy atom. The number of aliphatic hydroxyl groups is 1. The first-order valence-electron chi connectivity index (χ1n) is 15.9. The molecule has 7 rings (SSSR count). The van der Waals surface area contributed by atoms with Crippen LogP contribution in [0, 0.1) is 5.92 Å². The van der Waals surface area contributed by atoms with Crippen LogP contribution in [0.5, 0.6) is 0 Å². The Morgan fingerprint density at radius 1 is 1.11 bits per heavy atom. The number of fused-ring (bicyclic) bond motifs is 1. The number of thiazole rings is 1. The van der Waals surface area contributed by atoms with Crippen LogP contribution in [0.3, 0.4) is 0 Å². The van der Waals surface area contributed by atoms with Crippen molar-refractivity contribution in [2.75, 3.05) is 31.6 Å². The quantitative estimate of drug-likeness (QED) is 0.388. The number of nitrogens with zero attached hydrogens (tertiary/aromatic N) is 5. The first kappa shape index (κ1) is 29.7. The fraction of sp³-hybridized carbons (Fsp3) is 0.594. The van der Waals surface area contributed by atoms with E-state index in [0.29, 0.717) is 23.6 Å². The number of amides is 2. The molecule has 1 aromatic carbocycles. The fourth-order valence-corrected chi connectivity index (χ4v) is 7.90. The van der Waals surface area contributed by atoms with Crippen LogP contribution in [0.25, 0.3) is 21.3 Å². The smallest absolute Gasteiger partial charge is 0.251 e. The normalized spacial score (nSPS) is 29.2. The lowest BCUT2D eigenvalue weighted by atomic mass is 9.78. The Labute approximate surface area is 261 Å². The minimum absolute atomic E-state index is 0.0247. The molecule has 11 nitrogen and oxygen atoms in total. The number of piperazine rings is 1. The van der Waals surface area contributed by atoms with Gasteiger partial charge in [0.2, 0.25) is 5.91 Å². The first-order chi connectivity index (χ1) is 21.4. The van der Waals surface area contributed by atoms with Gasteiger partial charge in [0.1, 0.15) is 12.7 Å². The molecule has 4 heterocycles. The zero-order valence-electron chi connectivity index (χ0n) is 25.1. The van der Waals surface area contributed by atoms with Crippen molar-refractivity contribution in [2.45, 2.75) is 88.9 Å². The molecule has 2 saturated heterocycles. The van der Waals surface area contributed by atoms with Crippen molar-refractivity contribution in [1.29, 1.82) is 0 Å². The van der Waals surface area contributed by atoms with E-state index in [2.05, 4.69) is 38.2 Å². The Hall–Kier alpha value is -3.03. The number of hydrogen-bond donors (Lipinski definition) is 2. The summed E-state index contributed by atoms with van der Waals surface area (Å²) in [5.41, 5.74) is 2.71. The zero-order valence-corrected chi connectivity index (χ0v) is 25.9. The average molecular weight is 621 g/mol. The molecule has 0 radical (unpaired) electrons. The van der Waals surface area contributed by atoms with Gasteiger partial charge in [-0.2, -0.15) is 0 Å². The molecule has 2 aliphatic heterocycles. The molecule has 4 atom stereocenters. The highest BCUT2D eigenvalue weighted by Gasteiger charge is 2.42. The van der Waals surface area contributed by atoms with Gasteiger partial charge in [-0.1, -0.05) is 17.4 Å². The van der Waals surface area contributed by atoms with Gasteiger partial charge < -0.3 is 24.8 Å². The van der Waals surface area contributed by atoms with Crippen LogP contribution in [0.1, 0.15) is 57.7 Å². The molecule has 234 valence electrons. The molecule has 2 aliphatic carbocycles. The molecule has 2 saturated carbocycles. The van der Waals surface area contributed by atoms with Gasteiger partial charge in [0.15, 0.2) is 11.0 Å². The second kappa shape index (κ2) is 12.8. The molecule has 1 unspecified atom stereocenters. The summed E-state index contributed by atoms with van der Waals surface area (Å²) in [6.07, 6.45) is 8.88. The molecule has 2 amide bonds. The molecular formula is C32H40N6O5S. The number of carbonyl (C=O) groups is 2. The summed E-state index contributed by atoms with van der Waals surface area (Å²) in [4.78, 5) is 43.8. The standard InChI is InChI=1S/C32H40N6O5S/c1-19-17-37(31(41)27-6-3-11-42-27)9-10-38(19)23-12-21(13-23)30(40)36-32-35-24-8-7-20(14-28(24)44-32)22-15-33-29(34-16-22)18-43-26-5-2-4-25(26)39/h7-8,14-16,19,21,23,25-27,39H,2-6,9-13,17-18H2,1H3,(H,35,36,40)/t19-,21?,23?,25-,26-,27?/m0/s1. The van der Waals surface area contributed by atoms with Crippen LogP contribution in [-0.4, -0.2) is 98.3 Å². The molecule has 0 spiro atoms. The highest BCUT2D eigenvalue weighted by Crippen LogP contribution is 2.36. The van der Waals surface area contributed by atoms with Gasteiger partial charge in [-0.3, -0.25) is 14.5 Å². The van der Waals surface area contributed by atoms with Gasteiger partial charge in [-0.25, -0.2) is 15.0 Å². The number of anilines is 1. The predicted octanol–water partition coefficient (Wildman–Crippen LogP) is 3.61. The maximum Gasteiger partial charge on any atom is 0.251 e. The molecular weight excluding hydrogens is 580 g/mol. The summed E-state index contributed by atoms with van der Waals surface area (Å²) in [7, 11) is 0. The van der Waals surface area contributed by atoms with E-state index in [4.69, 9.17) is 9.47 Å². The van der Waals surface area contributed by atoms with E-state index >= 15 is 0 Å². The summed E-state index contributed by atoms with van der Waals surface area (Å²) in [5.74, 6) is 0.724. The Bertz CT molecular complexity index is 1490. The van der Waals surface area contributed by atoms with E-state index in [-0.39, 0.29) is 42.6 Å². The van der Waals surface area contributed by atoms with Crippen LogP contribution < -0.4 is 5.32 Å². The van der Waals surface area contributed by atoms with Gasteiger partial charge in [0, 0.05) is 62.2 Å². The number of carbonyl (C=O) groups excluding carboxylic acids is 2. The maximum absolute atomic E-state index is 13.1. The molecule has 44 heavy (non-hydrogen) atoms. The van der Waals surface area contributed by atoms with Crippen molar-refractivity contribution in [3.63, 3.8) is 0 Å². The second-order valence-electron chi connectivity index (χ2n) is 12.6. The lowest BCUT2D eigenvalue weighted by Gasteiger charge is -2.49. The zero-order chi connectivity index (χ0) is 30.2. The molecule has 4 fully saturated rings. The van der Waals surface area contributed by atoms with Crippen molar-refractivity contribution in [2.24, 2.45) is 5.92 Å². The molecule has 2 N–H and O–H groups in total. The van der Waals surface area contributed by atoms with Crippen LogP contribution in [-0.2, 0) is 25.7 Å². The Kier molecular flexibility index (Phi) is 8.60. The number of ether oxygens (including phenoxy) is 2. The lowest BCUT2D eigenvalue weighted by Crippen LogP contribution is -2.61. The first-order valence-corrected chi connectivity index (χ1v) is 16.7. The Balaban J connectivity index is 0.900. The molecule has 3 aromatic rings. The van der Waals surface area contributed by atoms with Crippen LogP contribution in [0.15, 0.2) is 30.6 Å². The summed E-state index contributed by atoms with van der Waals surface area (Å²) in [6, 6.07) is 6.63. The van der Waals surface area contributed by atoms with E-state index < -0.39 is 6.10 Å². The van der Waals surface area contributed by atoms with Crippen LogP contribution in [0.2, 0.25) is 0 Å². The average Bonchev–Trinajstić information content (AvgIpc) is 3.77. The number of aliphatic hydroxyl groups excluding tert-OH is 1. The number of nitrogens with one attached hydrogen (secondary N) is 1. The number of hydrogen-bond acceptors (Lipinski definition) is 10. The van der Waals surface area contributed by atoms with Gasteiger partial charge in [-0.15, -0.1) is 0 Å². The van der Waals surface area contributed by atoms with E-state index in [9.17, 15) is 14.7 Å².